The lowest BCUT2D eigenvalue weighted by atomic mass is 10.0. The monoisotopic (exact) mass is 345 g/mol. The van der Waals surface area contributed by atoms with Gasteiger partial charge in [0.05, 0.1) is 11.8 Å². The number of fused-ring (bicyclic) bond motifs is 1. The molecule has 0 radical (unpaired) electrons. The number of aromatic nitrogens is 2. The largest absolute Gasteiger partial charge is 0.481 e. The van der Waals surface area contributed by atoms with Crippen LogP contribution in [0.25, 0.3) is 21.3 Å². The van der Waals surface area contributed by atoms with Crippen LogP contribution in [-0.4, -0.2) is 34.6 Å². The molecule has 0 atom stereocenters. The number of thiophene rings is 1. The minimum atomic E-state index is -0.854. The molecule has 7 heteroatoms. The van der Waals surface area contributed by atoms with Gasteiger partial charge in [0.1, 0.15) is 22.8 Å². The summed E-state index contributed by atoms with van der Waals surface area (Å²) in [6, 6.07) is 6.32. The van der Waals surface area contributed by atoms with Crippen molar-refractivity contribution in [3.05, 3.63) is 41.3 Å². The number of benzene rings is 1. The highest BCUT2D eigenvalue weighted by Crippen LogP contribution is 2.41. The van der Waals surface area contributed by atoms with Gasteiger partial charge in [-0.05, 0) is 24.6 Å². The lowest BCUT2D eigenvalue weighted by Gasteiger charge is -2.18. The molecule has 0 aliphatic carbocycles. The second-order valence-electron chi connectivity index (χ2n) is 5.48. The van der Waals surface area contributed by atoms with E-state index in [4.69, 9.17) is 5.11 Å². The van der Waals surface area contributed by atoms with Gasteiger partial charge in [-0.3, -0.25) is 4.79 Å². The third kappa shape index (κ3) is 3.07. The number of anilines is 1. The van der Waals surface area contributed by atoms with Crippen molar-refractivity contribution in [1.29, 1.82) is 0 Å². The van der Waals surface area contributed by atoms with Crippen LogP contribution in [0, 0.1) is 12.7 Å². The number of nitrogens with zero attached hydrogens (tertiary/aromatic N) is 3. The zero-order chi connectivity index (χ0) is 17.3. The first kappa shape index (κ1) is 16.3. The average Bonchev–Trinajstić information content (AvgIpc) is 2.89. The summed E-state index contributed by atoms with van der Waals surface area (Å²) in [5.41, 5.74) is 1.86. The third-order valence-corrected chi connectivity index (χ3v) is 4.81. The Morgan fingerprint density at radius 1 is 1.29 bits per heavy atom. The van der Waals surface area contributed by atoms with Gasteiger partial charge in [-0.1, -0.05) is 12.1 Å². The molecule has 0 amide bonds. The van der Waals surface area contributed by atoms with E-state index >= 15 is 0 Å². The highest BCUT2D eigenvalue weighted by molar-refractivity contribution is 7.19. The maximum Gasteiger partial charge on any atom is 0.305 e. The topological polar surface area (TPSA) is 66.3 Å². The van der Waals surface area contributed by atoms with Crippen molar-refractivity contribution in [3.63, 3.8) is 0 Å². The van der Waals surface area contributed by atoms with Gasteiger partial charge in [0.2, 0.25) is 0 Å². The van der Waals surface area contributed by atoms with Crippen LogP contribution in [-0.2, 0) is 4.79 Å². The van der Waals surface area contributed by atoms with Crippen molar-refractivity contribution in [2.24, 2.45) is 0 Å². The molecule has 2 aromatic heterocycles. The second-order valence-corrected chi connectivity index (χ2v) is 6.69. The Bertz CT molecular complexity index is 893. The van der Waals surface area contributed by atoms with Crippen LogP contribution < -0.4 is 4.90 Å². The molecule has 24 heavy (non-hydrogen) atoms. The number of carboxylic acid groups (broad SMARTS) is 1. The fourth-order valence-electron chi connectivity index (χ4n) is 2.65. The van der Waals surface area contributed by atoms with E-state index in [1.54, 1.807) is 23.5 Å². The molecule has 0 saturated heterocycles. The van der Waals surface area contributed by atoms with Gasteiger partial charge in [-0.25, -0.2) is 14.4 Å². The standard InChI is InChI=1S/C17H16FN3O2S/c1-10-14(11-3-5-12(18)6-4-11)15-16(19-9-20-17(15)24-10)21(2)8-7-13(22)23/h3-6,9H,7-8H2,1-2H3,(H,22,23). The van der Waals surface area contributed by atoms with Crippen LogP contribution in [0.4, 0.5) is 10.2 Å². The molecule has 0 aliphatic heterocycles. The van der Waals surface area contributed by atoms with Crippen LogP contribution in [0.5, 0.6) is 0 Å². The van der Waals surface area contributed by atoms with Crippen molar-refractivity contribution in [3.8, 4) is 11.1 Å². The molecule has 0 saturated carbocycles. The molecule has 3 rings (SSSR count). The summed E-state index contributed by atoms with van der Waals surface area (Å²) in [6.07, 6.45) is 1.51. The number of halogens is 1. The van der Waals surface area contributed by atoms with Gasteiger partial charge < -0.3 is 10.0 Å². The van der Waals surface area contributed by atoms with Crippen LogP contribution in [0.15, 0.2) is 30.6 Å². The summed E-state index contributed by atoms with van der Waals surface area (Å²) in [4.78, 5) is 23.2. The summed E-state index contributed by atoms with van der Waals surface area (Å²) < 4.78 is 13.2. The first-order chi connectivity index (χ1) is 11.5. The SMILES string of the molecule is Cc1sc2ncnc(N(C)CCC(=O)O)c2c1-c1ccc(F)cc1. The fourth-order valence-corrected chi connectivity index (χ4v) is 3.66. The van der Waals surface area contributed by atoms with Gasteiger partial charge in [-0.2, -0.15) is 0 Å². The number of aryl methyl sites for hydroxylation is 1. The molecule has 0 bridgehead atoms. The lowest BCUT2D eigenvalue weighted by Crippen LogP contribution is -2.22. The van der Waals surface area contributed by atoms with E-state index in [2.05, 4.69) is 9.97 Å². The van der Waals surface area contributed by atoms with E-state index in [0.717, 1.165) is 26.2 Å². The van der Waals surface area contributed by atoms with Gasteiger partial charge in [-0.15, -0.1) is 11.3 Å². The smallest absolute Gasteiger partial charge is 0.305 e. The maximum absolute atomic E-state index is 13.2. The molecule has 5 nitrogen and oxygen atoms in total. The summed E-state index contributed by atoms with van der Waals surface area (Å²) in [5.74, 6) is -0.455. The molecule has 2 heterocycles. The number of hydrogen-bond acceptors (Lipinski definition) is 5. The normalized spacial score (nSPS) is 11.0. The van der Waals surface area contributed by atoms with Crippen molar-refractivity contribution in [1.82, 2.24) is 9.97 Å². The predicted molar refractivity (Wildman–Crippen MR) is 93.1 cm³/mol. The molecule has 1 aromatic carbocycles. The highest BCUT2D eigenvalue weighted by Gasteiger charge is 2.19. The minimum absolute atomic E-state index is 0.0248. The number of rotatable bonds is 5. The van der Waals surface area contributed by atoms with Crippen LogP contribution in [0.3, 0.4) is 0 Å². The zero-order valence-corrected chi connectivity index (χ0v) is 14.1. The van der Waals surface area contributed by atoms with Crippen molar-refractivity contribution < 1.29 is 14.3 Å². The number of carboxylic acids is 1. The maximum atomic E-state index is 13.2. The fraction of sp³-hybridized carbons (Fsp3) is 0.235. The highest BCUT2D eigenvalue weighted by atomic mass is 32.1. The average molecular weight is 345 g/mol. The van der Waals surface area contributed by atoms with E-state index < -0.39 is 5.97 Å². The lowest BCUT2D eigenvalue weighted by molar-refractivity contribution is -0.136. The second kappa shape index (κ2) is 6.52. The quantitative estimate of drug-likeness (QED) is 0.763. The first-order valence-corrected chi connectivity index (χ1v) is 8.22. The van der Waals surface area contributed by atoms with E-state index in [1.165, 1.54) is 18.5 Å². The van der Waals surface area contributed by atoms with Crippen molar-refractivity contribution in [2.75, 3.05) is 18.5 Å². The van der Waals surface area contributed by atoms with Crippen LogP contribution in [0.1, 0.15) is 11.3 Å². The molecule has 1 N–H and O–H groups in total. The van der Waals surface area contributed by atoms with Gasteiger partial charge in [0.15, 0.2) is 0 Å². The van der Waals surface area contributed by atoms with E-state index in [9.17, 15) is 9.18 Å². The molecule has 3 aromatic rings. The minimum Gasteiger partial charge on any atom is -0.481 e. The zero-order valence-electron chi connectivity index (χ0n) is 13.3. The van der Waals surface area contributed by atoms with Gasteiger partial charge >= 0.3 is 5.97 Å². The third-order valence-electron chi connectivity index (χ3n) is 3.80. The molecular formula is C17H16FN3O2S. The molecule has 0 fully saturated rings. The van der Waals surface area contributed by atoms with Gasteiger partial charge in [0, 0.05) is 24.0 Å². The Hall–Kier alpha value is -2.54. The Morgan fingerprint density at radius 3 is 2.67 bits per heavy atom. The Morgan fingerprint density at radius 2 is 2.00 bits per heavy atom. The molecule has 0 spiro atoms. The van der Waals surface area contributed by atoms with Crippen molar-refractivity contribution >= 4 is 33.3 Å². The van der Waals surface area contributed by atoms with E-state index in [0.29, 0.717) is 12.4 Å². The number of aliphatic carboxylic acids is 1. The summed E-state index contributed by atoms with van der Waals surface area (Å²) in [5, 5.41) is 9.77. The predicted octanol–water partition coefficient (Wildman–Crippen LogP) is 3.72. The molecule has 0 unspecified atom stereocenters. The van der Waals surface area contributed by atoms with Crippen LogP contribution >= 0.6 is 11.3 Å². The number of carbonyl (C=O) groups is 1. The number of hydrogen-bond donors (Lipinski definition) is 1. The van der Waals surface area contributed by atoms with E-state index in [1.807, 2.05) is 18.9 Å². The van der Waals surface area contributed by atoms with E-state index in [-0.39, 0.29) is 12.2 Å². The van der Waals surface area contributed by atoms with Crippen molar-refractivity contribution in [2.45, 2.75) is 13.3 Å². The summed E-state index contributed by atoms with van der Waals surface area (Å²) in [7, 11) is 1.81. The Balaban J connectivity index is 2.14. The summed E-state index contributed by atoms with van der Waals surface area (Å²) in [6.45, 7) is 2.34. The Labute approximate surface area is 142 Å². The molecular weight excluding hydrogens is 329 g/mol. The Kier molecular flexibility index (Phi) is 4.44. The van der Waals surface area contributed by atoms with Gasteiger partial charge in [0.25, 0.3) is 0 Å². The summed E-state index contributed by atoms with van der Waals surface area (Å²) >= 11 is 1.55. The molecule has 124 valence electrons. The van der Waals surface area contributed by atoms with Crippen LogP contribution in [0.2, 0.25) is 0 Å². The first-order valence-electron chi connectivity index (χ1n) is 7.40. The molecule has 0 aliphatic rings.